The van der Waals surface area contributed by atoms with Crippen LogP contribution in [0.5, 0.6) is 5.75 Å². The van der Waals surface area contributed by atoms with Gasteiger partial charge in [-0.2, -0.15) is 0 Å². The monoisotopic (exact) mass is 359 g/mol. The smallest absolute Gasteiger partial charge is 0.244 e. The third-order valence-corrected chi connectivity index (χ3v) is 4.77. The molecule has 2 aromatic rings. The summed E-state index contributed by atoms with van der Waals surface area (Å²) >= 11 is 3.26. The molecular weight excluding hydrogens is 346 g/mol. The van der Waals surface area contributed by atoms with Gasteiger partial charge in [0.25, 0.3) is 0 Å². The van der Waals surface area contributed by atoms with Gasteiger partial charge in [-0.15, -0.1) is 0 Å². The van der Waals surface area contributed by atoms with Crippen molar-refractivity contribution in [2.45, 2.75) is 17.9 Å². The molecule has 0 radical (unpaired) electrons. The molecule has 0 aliphatic carbocycles. The van der Waals surface area contributed by atoms with E-state index in [0.29, 0.717) is 10.2 Å². The van der Waals surface area contributed by atoms with Gasteiger partial charge in [-0.25, -0.2) is 13.1 Å². The van der Waals surface area contributed by atoms with Crippen LogP contribution in [0.15, 0.2) is 50.4 Å². The van der Waals surface area contributed by atoms with Crippen molar-refractivity contribution >= 4 is 26.0 Å². The van der Waals surface area contributed by atoms with E-state index in [4.69, 9.17) is 9.15 Å². The van der Waals surface area contributed by atoms with Gasteiger partial charge in [0.2, 0.25) is 10.0 Å². The van der Waals surface area contributed by atoms with Crippen LogP contribution in [0.4, 0.5) is 0 Å². The molecule has 0 saturated heterocycles. The molecule has 1 atom stereocenters. The molecular formula is C13H14BrNO4S. The van der Waals surface area contributed by atoms with E-state index in [2.05, 4.69) is 20.7 Å². The molecule has 20 heavy (non-hydrogen) atoms. The lowest BCUT2D eigenvalue weighted by Gasteiger charge is -2.14. The number of hydrogen-bond acceptors (Lipinski definition) is 4. The van der Waals surface area contributed by atoms with E-state index in [1.807, 2.05) is 0 Å². The largest absolute Gasteiger partial charge is 0.495 e. The van der Waals surface area contributed by atoms with Crippen molar-refractivity contribution in [1.29, 1.82) is 0 Å². The highest BCUT2D eigenvalue weighted by Gasteiger charge is 2.23. The van der Waals surface area contributed by atoms with Crippen LogP contribution in [0.3, 0.4) is 0 Å². The van der Waals surface area contributed by atoms with Crippen molar-refractivity contribution in [3.8, 4) is 5.75 Å². The van der Waals surface area contributed by atoms with E-state index in [1.165, 1.54) is 19.4 Å². The Morgan fingerprint density at radius 1 is 1.35 bits per heavy atom. The molecule has 0 unspecified atom stereocenters. The van der Waals surface area contributed by atoms with Gasteiger partial charge in [0.05, 0.1) is 19.4 Å². The Morgan fingerprint density at radius 2 is 2.10 bits per heavy atom. The molecule has 0 aliphatic heterocycles. The third kappa shape index (κ3) is 3.23. The molecule has 108 valence electrons. The molecule has 0 amide bonds. The maximum atomic E-state index is 12.4. The zero-order chi connectivity index (χ0) is 14.8. The number of methoxy groups -OCH3 is 1. The molecule has 0 aliphatic rings. The van der Waals surface area contributed by atoms with Gasteiger partial charge in [0.15, 0.2) is 0 Å². The topological polar surface area (TPSA) is 68.5 Å². The molecule has 1 aromatic heterocycles. The Morgan fingerprint density at radius 3 is 2.70 bits per heavy atom. The Hall–Kier alpha value is -1.31. The molecule has 0 fully saturated rings. The number of nitrogens with one attached hydrogen (secondary N) is 1. The maximum absolute atomic E-state index is 12.4. The summed E-state index contributed by atoms with van der Waals surface area (Å²) in [4.78, 5) is 0.0766. The lowest BCUT2D eigenvalue weighted by molar-refractivity contribution is 0.401. The summed E-state index contributed by atoms with van der Waals surface area (Å²) in [6.45, 7) is 1.71. The van der Waals surface area contributed by atoms with Gasteiger partial charge in [-0.3, -0.25) is 0 Å². The second-order valence-electron chi connectivity index (χ2n) is 4.15. The summed E-state index contributed by atoms with van der Waals surface area (Å²) in [6.07, 6.45) is 1.50. The molecule has 0 bridgehead atoms. The Labute approximate surface area is 126 Å². The standard InChI is InChI=1S/C13H14BrNO4S/c1-9(11-4-3-7-19-11)15-20(16,17)13-8-10(14)5-6-12(13)18-2/h3-9,15H,1-2H3/t9-/m1/s1. The van der Waals surface area contributed by atoms with Gasteiger partial charge >= 0.3 is 0 Å². The minimum atomic E-state index is -3.72. The average molecular weight is 360 g/mol. The van der Waals surface area contributed by atoms with Gasteiger partial charge < -0.3 is 9.15 Å². The van der Waals surface area contributed by atoms with Gasteiger partial charge in [0, 0.05) is 4.47 Å². The molecule has 1 heterocycles. The fourth-order valence-corrected chi connectivity index (χ4v) is 3.67. The van der Waals surface area contributed by atoms with Crippen LogP contribution in [0.2, 0.25) is 0 Å². The van der Waals surface area contributed by atoms with Crippen molar-refractivity contribution < 1.29 is 17.6 Å². The van der Waals surface area contributed by atoms with Crippen molar-refractivity contribution in [3.05, 3.63) is 46.8 Å². The van der Waals surface area contributed by atoms with Gasteiger partial charge in [0.1, 0.15) is 16.4 Å². The maximum Gasteiger partial charge on any atom is 0.244 e. The summed E-state index contributed by atoms with van der Waals surface area (Å²) < 4.78 is 38.3. The van der Waals surface area contributed by atoms with Crippen LogP contribution in [-0.4, -0.2) is 15.5 Å². The summed E-state index contributed by atoms with van der Waals surface area (Å²) in [6, 6.07) is 7.75. The number of furan rings is 1. The Balaban J connectivity index is 2.33. The lowest BCUT2D eigenvalue weighted by Crippen LogP contribution is -2.27. The summed E-state index contributed by atoms with van der Waals surface area (Å²) in [5.74, 6) is 0.829. The first-order valence-electron chi connectivity index (χ1n) is 5.83. The number of ether oxygens (including phenoxy) is 1. The van der Waals surface area contributed by atoms with E-state index in [-0.39, 0.29) is 10.6 Å². The number of halogens is 1. The van der Waals surface area contributed by atoms with Crippen LogP contribution in [-0.2, 0) is 10.0 Å². The van der Waals surface area contributed by atoms with E-state index in [9.17, 15) is 8.42 Å². The zero-order valence-electron chi connectivity index (χ0n) is 11.0. The summed E-state index contributed by atoms with van der Waals surface area (Å²) in [7, 11) is -2.29. The average Bonchev–Trinajstić information content (AvgIpc) is 2.92. The molecule has 7 heteroatoms. The van der Waals surface area contributed by atoms with Crippen LogP contribution in [0.1, 0.15) is 18.7 Å². The van der Waals surface area contributed by atoms with E-state index < -0.39 is 16.1 Å². The van der Waals surface area contributed by atoms with Crippen molar-refractivity contribution in [3.63, 3.8) is 0 Å². The predicted molar refractivity (Wildman–Crippen MR) is 78.1 cm³/mol. The quantitative estimate of drug-likeness (QED) is 0.890. The lowest BCUT2D eigenvalue weighted by atomic mass is 10.3. The molecule has 1 N–H and O–H groups in total. The first-order valence-corrected chi connectivity index (χ1v) is 8.11. The second-order valence-corrected chi connectivity index (χ2v) is 6.75. The van der Waals surface area contributed by atoms with Gasteiger partial charge in [-0.05, 0) is 37.3 Å². The first-order chi connectivity index (χ1) is 9.44. The van der Waals surface area contributed by atoms with Gasteiger partial charge in [-0.1, -0.05) is 15.9 Å². The Bertz CT molecular complexity index is 682. The minimum absolute atomic E-state index is 0.0766. The number of hydrogen-bond donors (Lipinski definition) is 1. The highest BCUT2D eigenvalue weighted by molar-refractivity contribution is 9.10. The van der Waals surface area contributed by atoms with E-state index in [0.717, 1.165) is 0 Å². The Kier molecular flexibility index (Phi) is 4.52. The van der Waals surface area contributed by atoms with E-state index >= 15 is 0 Å². The van der Waals surface area contributed by atoms with E-state index in [1.54, 1.807) is 31.2 Å². The van der Waals surface area contributed by atoms with Crippen LogP contribution in [0.25, 0.3) is 0 Å². The molecule has 1 aromatic carbocycles. The summed E-state index contributed by atoms with van der Waals surface area (Å²) in [5, 5.41) is 0. The highest BCUT2D eigenvalue weighted by atomic mass is 79.9. The predicted octanol–water partition coefficient (Wildman–Crippen LogP) is 3.09. The number of rotatable bonds is 5. The van der Waals surface area contributed by atoms with Crippen LogP contribution in [0, 0.1) is 0 Å². The number of sulfonamides is 1. The highest BCUT2D eigenvalue weighted by Crippen LogP contribution is 2.28. The van der Waals surface area contributed by atoms with Crippen molar-refractivity contribution in [2.75, 3.05) is 7.11 Å². The first kappa shape index (κ1) is 15.1. The van der Waals surface area contributed by atoms with Crippen molar-refractivity contribution in [1.82, 2.24) is 4.72 Å². The fraction of sp³-hybridized carbons (Fsp3) is 0.231. The third-order valence-electron chi connectivity index (χ3n) is 2.72. The minimum Gasteiger partial charge on any atom is -0.495 e. The fourth-order valence-electron chi connectivity index (χ4n) is 1.75. The molecule has 0 spiro atoms. The SMILES string of the molecule is COc1ccc(Br)cc1S(=O)(=O)N[C@H](C)c1ccco1. The van der Waals surface area contributed by atoms with Crippen molar-refractivity contribution in [2.24, 2.45) is 0 Å². The summed E-state index contributed by atoms with van der Waals surface area (Å²) in [5.41, 5.74) is 0. The number of benzene rings is 1. The second kappa shape index (κ2) is 5.99. The zero-order valence-corrected chi connectivity index (χ0v) is 13.4. The van der Waals surface area contributed by atoms with Crippen LogP contribution >= 0.6 is 15.9 Å². The molecule has 5 nitrogen and oxygen atoms in total. The molecule has 2 rings (SSSR count). The normalized spacial score (nSPS) is 13.2. The molecule has 0 saturated carbocycles. The van der Waals surface area contributed by atoms with Crippen LogP contribution < -0.4 is 9.46 Å².